The van der Waals surface area contributed by atoms with Crippen LogP contribution < -0.4 is 10.5 Å². The summed E-state index contributed by atoms with van der Waals surface area (Å²) in [5, 5.41) is 0. The molecule has 150 valence electrons. The molecule has 0 heterocycles. The lowest BCUT2D eigenvalue weighted by Crippen LogP contribution is -2.07. The van der Waals surface area contributed by atoms with Crippen LogP contribution in [0.5, 0.6) is 5.75 Å². The third-order valence-electron chi connectivity index (χ3n) is 4.94. The van der Waals surface area contributed by atoms with E-state index in [1.54, 1.807) is 0 Å². The molecular weight excluding hydrogens is 362 g/mol. The van der Waals surface area contributed by atoms with E-state index in [4.69, 9.17) is 15.2 Å². The summed E-state index contributed by atoms with van der Waals surface area (Å²) in [7, 11) is 1.39. The van der Waals surface area contributed by atoms with Gasteiger partial charge in [0.05, 0.1) is 7.11 Å². The van der Waals surface area contributed by atoms with Crippen molar-refractivity contribution < 1.29 is 14.3 Å². The number of carbonyl (C=O) groups is 1. The number of esters is 1. The second-order valence-electron chi connectivity index (χ2n) is 6.92. The van der Waals surface area contributed by atoms with E-state index in [0.29, 0.717) is 24.5 Å². The molecule has 4 nitrogen and oxygen atoms in total. The first-order valence-electron chi connectivity index (χ1n) is 9.86. The van der Waals surface area contributed by atoms with Gasteiger partial charge in [0.15, 0.2) is 0 Å². The Hall–Kier alpha value is -3.11. The highest BCUT2D eigenvalue weighted by Gasteiger charge is 2.14. The molecule has 0 fully saturated rings. The van der Waals surface area contributed by atoms with Gasteiger partial charge in [0, 0.05) is 6.54 Å². The Bertz CT molecular complexity index is 938. The van der Waals surface area contributed by atoms with Crippen molar-refractivity contribution in [3.8, 4) is 5.75 Å². The minimum atomic E-state index is -0.386. The van der Waals surface area contributed by atoms with Crippen LogP contribution in [0.15, 0.2) is 72.8 Å². The first-order chi connectivity index (χ1) is 14.2. The van der Waals surface area contributed by atoms with Crippen LogP contribution in [-0.2, 0) is 30.7 Å². The third-order valence-corrected chi connectivity index (χ3v) is 4.94. The maximum absolute atomic E-state index is 12.3. The summed E-state index contributed by atoms with van der Waals surface area (Å²) >= 11 is 0. The van der Waals surface area contributed by atoms with Crippen LogP contribution in [0.4, 0.5) is 0 Å². The summed E-state index contributed by atoms with van der Waals surface area (Å²) in [6.45, 7) is 0.955. The number of ether oxygens (including phenoxy) is 2. The Morgan fingerprint density at radius 2 is 1.59 bits per heavy atom. The van der Waals surface area contributed by atoms with Gasteiger partial charge in [-0.05, 0) is 53.6 Å². The molecule has 3 rings (SSSR count). The fourth-order valence-corrected chi connectivity index (χ4v) is 3.35. The number of nitrogens with two attached hydrogens (primary N) is 1. The molecule has 0 atom stereocenters. The van der Waals surface area contributed by atoms with E-state index in [1.807, 2.05) is 60.7 Å². The van der Waals surface area contributed by atoms with Crippen molar-refractivity contribution in [2.24, 2.45) is 5.73 Å². The molecule has 0 aliphatic rings. The van der Waals surface area contributed by atoms with E-state index in [0.717, 1.165) is 30.4 Å². The molecule has 0 bridgehead atoms. The molecule has 2 N–H and O–H groups in total. The second-order valence-corrected chi connectivity index (χ2v) is 6.92. The maximum Gasteiger partial charge on any atom is 0.341 e. The maximum atomic E-state index is 12.3. The Labute approximate surface area is 172 Å². The number of hydrogen-bond donors (Lipinski definition) is 1. The van der Waals surface area contributed by atoms with E-state index in [1.165, 1.54) is 18.2 Å². The van der Waals surface area contributed by atoms with Crippen LogP contribution in [0.1, 0.15) is 39.0 Å². The Morgan fingerprint density at radius 1 is 0.862 bits per heavy atom. The van der Waals surface area contributed by atoms with Gasteiger partial charge < -0.3 is 15.2 Å². The van der Waals surface area contributed by atoms with E-state index in [9.17, 15) is 4.79 Å². The van der Waals surface area contributed by atoms with Gasteiger partial charge in [0.25, 0.3) is 0 Å². The number of aryl methyl sites for hydroxylation is 2. The number of rotatable bonds is 9. The summed E-state index contributed by atoms with van der Waals surface area (Å²) in [5.41, 5.74) is 10.9. The van der Waals surface area contributed by atoms with Crippen molar-refractivity contribution in [2.75, 3.05) is 7.11 Å². The number of benzene rings is 3. The highest BCUT2D eigenvalue weighted by Crippen LogP contribution is 2.24. The predicted octanol–water partition coefficient (Wildman–Crippen LogP) is 4.69. The van der Waals surface area contributed by atoms with Crippen molar-refractivity contribution >= 4 is 5.97 Å². The summed E-state index contributed by atoms with van der Waals surface area (Å²) in [6, 6.07) is 23.9. The average Bonchev–Trinajstić information content (AvgIpc) is 2.78. The van der Waals surface area contributed by atoms with Gasteiger partial charge in [0.2, 0.25) is 0 Å². The molecule has 3 aromatic carbocycles. The summed E-state index contributed by atoms with van der Waals surface area (Å²) in [6.07, 6.45) is 2.79. The Balaban J connectivity index is 1.67. The largest absolute Gasteiger partial charge is 0.488 e. The molecule has 0 aliphatic heterocycles. The molecule has 0 unspecified atom stereocenters. The minimum Gasteiger partial charge on any atom is -0.488 e. The lowest BCUT2D eigenvalue weighted by Gasteiger charge is -2.13. The normalized spacial score (nSPS) is 10.6. The molecule has 0 aliphatic carbocycles. The molecule has 0 saturated heterocycles. The number of methoxy groups -OCH3 is 1. The van der Waals surface area contributed by atoms with Crippen LogP contribution in [0.3, 0.4) is 0 Å². The van der Waals surface area contributed by atoms with Gasteiger partial charge in [-0.25, -0.2) is 4.79 Å². The molecule has 0 aromatic heterocycles. The molecule has 0 radical (unpaired) electrons. The molecule has 0 spiro atoms. The van der Waals surface area contributed by atoms with E-state index in [-0.39, 0.29) is 5.97 Å². The molecule has 29 heavy (non-hydrogen) atoms. The summed E-state index contributed by atoms with van der Waals surface area (Å²) in [5.74, 6) is 0.154. The Kier molecular flexibility index (Phi) is 7.42. The minimum absolute atomic E-state index is 0.386. The molecular formula is C25H27NO3. The quantitative estimate of drug-likeness (QED) is 0.540. The van der Waals surface area contributed by atoms with Crippen molar-refractivity contribution in [3.63, 3.8) is 0 Å². The standard InChI is InChI=1S/C25H27NO3/c1-28-25(27)23-16-19(10-7-13-21-11-5-6-12-22(21)17-26)14-15-24(23)29-18-20-8-3-2-4-9-20/h2-6,8-9,11-12,14-16H,7,10,13,17-18,26H2,1H3. The zero-order valence-corrected chi connectivity index (χ0v) is 16.8. The van der Waals surface area contributed by atoms with Gasteiger partial charge in [-0.2, -0.15) is 0 Å². The van der Waals surface area contributed by atoms with Gasteiger partial charge in [-0.15, -0.1) is 0 Å². The zero-order valence-electron chi connectivity index (χ0n) is 16.8. The third kappa shape index (κ3) is 5.69. The molecule has 0 saturated carbocycles. The highest BCUT2D eigenvalue weighted by atomic mass is 16.5. The van der Waals surface area contributed by atoms with E-state index < -0.39 is 0 Å². The molecule has 4 heteroatoms. The highest BCUT2D eigenvalue weighted by molar-refractivity contribution is 5.92. The fourth-order valence-electron chi connectivity index (χ4n) is 3.35. The van der Waals surface area contributed by atoms with Gasteiger partial charge in [-0.3, -0.25) is 0 Å². The lowest BCUT2D eigenvalue weighted by atomic mass is 9.99. The SMILES string of the molecule is COC(=O)c1cc(CCCc2ccccc2CN)ccc1OCc1ccccc1. The summed E-state index contributed by atoms with van der Waals surface area (Å²) in [4.78, 5) is 12.3. The summed E-state index contributed by atoms with van der Waals surface area (Å²) < 4.78 is 10.8. The van der Waals surface area contributed by atoms with Gasteiger partial charge in [-0.1, -0.05) is 60.7 Å². The van der Waals surface area contributed by atoms with Crippen LogP contribution in [0.25, 0.3) is 0 Å². The Morgan fingerprint density at radius 3 is 2.31 bits per heavy atom. The fraction of sp³-hybridized carbons (Fsp3) is 0.240. The second kappa shape index (κ2) is 10.4. The van der Waals surface area contributed by atoms with Crippen molar-refractivity contribution in [1.29, 1.82) is 0 Å². The zero-order chi connectivity index (χ0) is 20.5. The topological polar surface area (TPSA) is 61.5 Å². The van der Waals surface area contributed by atoms with Crippen LogP contribution in [-0.4, -0.2) is 13.1 Å². The monoisotopic (exact) mass is 389 g/mol. The lowest BCUT2D eigenvalue weighted by molar-refractivity contribution is 0.0595. The van der Waals surface area contributed by atoms with Crippen LogP contribution in [0.2, 0.25) is 0 Å². The number of carbonyl (C=O) groups excluding carboxylic acids is 1. The molecule has 3 aromatic rings. The predicted molar refractivity (Wildman–Crippen MR) is 115 cm³/mol. The van der Waals surface area contributed by atoms with E-state index in [2.05, 4.69) is 12.1 Å². The van der Waals surface area contributed by atoms with Crippen molar-refractivity contribution in [3.05, 3.63) is 101 Å². The van der Waals surface area contributed by atoms with Crippen LogP contribution in [0, 0.1) is 0 Å². The van der Waals surface area contributed by atoms with Gasteiger partial charge >= 0.3 is 5.97 Å². The van der Waals surface area contributed by atoms with E-state index >= 15 is 0 Å². The first kappa shape index (κ1) is 20.6. The van der Waals surface area contributed by atoms with Crippen molar-refractivity contribution in [1.82, 2.24) is 0 Å². The van der Waals surface area contributed by atoms with Crippen LogP contribution >= 0.6 is 0 Å². The molecule has 0 amide bonds. The first-order valence-corrected chi connectivity index (χ1v) is 9.86. The smallest absolute Gasteiger partial charge is 0.341 e. The van der Waals surface area contributed by atoms with Gasteiger partial charge in [0.1, 0.15) is 17.9 Å². The van der Waals surface area contributed by atoms with Crippen molar-refractivity contribution in [2.45, 2.75) is 32.4 Å². The average molecular weight is 389 g/mol. The number of hydrogen-bond acceptors (Lipinski definition) is 4.